The first-order valence-electron chi connectivity index (χ1n) is 6.75. The molecule has 1 aromatic carbocycles. The summed E-state index contributed by atoms with van der Waals surface area (Å²) in [5.41, 5.74) is 0. The summed E-state index contributed by atoms with van der Waals surface area (Å²) >= 11 is 3.26. The fraction of sp³-hybridized carbons (Fsp3) is 0.467. The van der Waals surface area contributed by atoms with Crippen LogP contribution in [0.25, 0.3) is 0 Å². The Morgan fingerprint density at radius 3 is 2.62 bits per heavy atom. The van der Waals surface area contributed by atoms with Crippen LogP contribution in [-0.4, -0.2) is 45.3 Å². The minimum absolute atomic E-state index is 0.0299. The summed E-state index contributed by atoms with van der Waals surface area (Å²) in [7, 11) is 1.37. The molecule has 1 aromatic rings. The molecule has 2 heterocycles. The first kappa shape index (κ1) is 14.8. The van der Waals surface area contributed by atoms with E-state index in [0.717, 1.165) is 4.90 Å². The molecule has 1 amide bonds. The predicted molar refractivity (Wildman–Crippen MR) is 84.2 cm³/mol. The number of nitrogens with zero attached hydrogens (tertiary/aromatic N) is 1. The number of fused-ring (bicyclic) bond motifs is 1. The molecular weight excluding hydrogens is 306 g/mol. The summed E-state index contributed by atoms with van der Waals surface area (Å²) in [5.74, 6) is -0.297. The predicted octanol–water partition coefficient (Wildman–Crippen LogP) is 2.38. The first-order chi connectivity index (χ1) is 9.95. The largest absolute Gasteiger partial charge is 0.467 e. The monoisotopic (exact) mass is 323 g/mol. The molecule has 2 aliphatic heterocycles. The Bertz CT molecular complexity index is 576. The van der Waals surface area contributed by atoms with Crippen LogP contribution in [0.1, 0.15) is 13.8 Å². The van der Waals surface area contributed by atoms with Crippen LogP contribution in [0.15, 0.2) is 35.2 Å². The zero-order valence-corrected chi connectivity index (χ0v) is 13.7. The molecule has 0 aromatic heterocycles. The number of methoxy groups -OCH3 is 1. The van der Waals surface area contributed by atoms with Gasteiger partial charge in [0, 0.05) is 9.64 Å². The number of β-lactam (4-membered cyclic amide) rings is 1. The van der Waals surface area contributed by atoms with E-state index in [0.29, 0.717) is 0 Å². The second kappa shape index (κ2) is 5.25. The summed E-state index contributed by atoms with van der Waals surface area (Å²) in [5, 5.41) is -0.0758. The van der Waals surface area contributed by atoms with Gasteiger partial charge in [-0.3, -0.25) is 4.79 Å². The number of carbonyl (C=O) groups is 2. The topological polar surface area (TPSA) is 46.6 Å². The zero-order chi connectivity index (χ0) is 15.2. The van der Waals surface area contributed by atoms with Crippen LogP contribution in [0.3, 0.4) is 0 Å². The molecule has 112 valence electrons. The third-order valence-corrected chi connectivity index (χ3v) is 6.82. The normalized spacial score (nSPS) is 29.8. The number of hydrogen-bond donors (Lipinski definition) is 0. The van der Waals surface area contributed by atoms with Crippen LogP contribution in [0.4, 0.5) is 0 Å². The molecule has 0 radical (unpaired) electrons. The molecule has 2 fully saturated rings. The van der Waals surface area contributed by atoms with E-state index in [9.17, 15) is 9.59 Å². The van der Waals surface area contributed by atoms with E-state index in [1.54, 1.807) is 28.4 Å². The average Bonchev–Trinajstić information content (AvgIpc) is 2.73. The molecule has 21 heavy (non-hydrogen) atoms. The summed E-state index contributed by atoms with van der Waals surface area (Å²) in [6.07, 6.45) is 0. The first-order valence-corrected chi connectivity index (χ1v) is 8.51. The number of thioether (sulfide) groups is 2. The van der Waals surface area contributed by atoms with Gasteiger partial charge < -0.3 is 9.64 Å². The quantitative estimate of drug-likeness (QED) is 0.631. The third kappa shape index (κ3) is 2.34. The maximum absolute atomic E-state index is 12.5. The highest BCUT2D eigenvalue weighted by Crippen LogP contribution is 2.54. The van der Waals surface area contributed by atoms with E-state index in [1.165, 1.54) is 7.11 Å². The lowest BCUT2D eigenvalue weighted by Crippen LogP contribution is -2.64. The van der Waals surface area contributed by atoms with Crippen LogP contribution < -0.4 is 0 Å². The number of benzene rings is 1. The van der Waals surface area contributed by atoms with E-state index in [1.807, 2.05) is 44.2 Å². The molecule has 6 heteroatoms. The summed E-state index contributed by atoms with van der Waals surface area (Å²) in [4.78, 5) is 27.2. The van der Waals surface area contributed by atoms with Crippen LogP contribution in [0.5, 0.6) is 0 Å². The highest BCUT2D eigenvalue weighted by Gasteiger charge is 2.64. The van der Waals surface area contributed by atoms with Crippen molar-refractivity contribution >= 4 is 35.4 Å². The van der Waals surface area contributed by atoms with Crippen molar-refractivity contribution in [3.63, 3.8) is 0 Å². The van der Waals surface area contributed by atoms with Crippen molar-refractivity contribution in [1.29, 1.82) is 0 Å². The number of esters is 1. The molecule has 0 bridgehead atoms. The van der Waals surface area contributed by atoms with E-state index < -0.39 is 6.04 Å². The lowest BCUT2D eigenvalue weighted by Gasteiger charge is -2.43. The molecule has 0 unspecified atom stereocenters. The van der Waals surface area contributed by atoms with Gasteiger partial charge in [-0.1, -0.05) is 18.2 Å². The highest BCUT2D eigenvalue weighted by atomic mass is 32.2. The molecule has 0 saturated carbocycles. The molecule has 2 aliphatic rings. The van der Waals surface area contributed by atoms with Gasteiger partial charge in [0.1, 0.15) is 16.7 Å². The van der Waals surface area contributed by atoms with Gasteiger partial charge >= 0.3 is 5.97 Å². The van der Waals surface area contributed by atoms with Crippen LogP contribution >= 0.6 is 23.5 Å². The molecule has 0 N–H and O–H groups in total. The Hall–Kier alpha value is -1.14. The van der Waals surface area contributed by atoms with E-state index in [2.05, 4.69) is 0 Å². The summed E-state index contributed by atoms with van der Waals surface area (Å²) in [6.45, 7) is 3.99. The van der Waals surface area contributed by atoms with Gasteiger partial charge in [-0.05, 0) is 26.0 Å². The Labute approximate surface area is 132 Å². The molecule has 0 spiro atoms. The number of carbonyl (C=O) groups excluding carboxylic acids is 2. The van der Waals surface area contributed by atoms with Crippen molar-refractivity contribution in [1.82, 2.24) is 4.90 Å². The fourth-order valence-corrected chi connectivity index (χ4v) is 5.78. The highest BCUT2D eigenvalue weighted by molar-refractivity contribution is 8.05. The van der Waals surface area contributed by atoms with Crippen molar-refractivity contribution in [3.05, 3.63) is 30.3 Å². The summed E-state index contributed by atoms with van der Waals surface area (Å²) in [6, 6.07) is 9.40. The van der Waals surface area contributed by atoms with Gasteiger partial charge in [-0.25, -0.2) is 4.79 Å². The van der Waals surface area contributed by atoms with Crippen molar-refractivity contribution in [3.8, 4) is 0 Å². The Morgan fingerprint density at radius 2 is 2.00 bits per heavy atom. The van der Waals surface area contributed by atoms with Gasteiger partial charge in [0.2, 0.25) is 5.91 Å². The van der Waals surface area contributed by atoms with Gasteiger partial charge in [0.05, 0.1) is 7.11 Å². The number of rotatable bonds is 3. The van der Waals surface area contributed by atoms with Crippen molar-refractivity contribution in [2.75, 3.05) is 7.11 Å². The van der Waals surface area contributed by atoms with E-state index in [4.69, 9.17) is 4.74 Å². The minimum Gasteiger partial charge on any atom is -0.467 e. The van der Waals surface area contributed by atoms with Crippen LogP contribution in [0, 0.1) is 0 Å². The molecule has 4 nitrogen and oxygen atoms in total. The van der Waals surface area contributed by atoms with Gasteiger partial charge in [0.15, 0.2) is 0 Å². The van der Waals surface area contributed by atoms with Gasteiger partial charge in [-0.2, -0.15) is 0 Å². The maximum Gasteiger partial charge on any atom is 0.330 e. The average molecular weight is 323 g/mol. The van der Waals surface area contributed by atoms with Gasteiger partial charge in [0.25, 0.3) is 0 Å². The smallest absolute Gasteiger partial charge is 0.330 e. The standard InChI is InChI=1S/C15H17NO3S2/c1-15(2)11(14(18)19-3)16-12(17)10(13(16)21-15)20-9-7-5-4-6-8-9/h4-8,10-11,13H,1-3H3/t10-,11+,13+/m1/s1. The van der Waals surface area contributed by atoms with E-state index in [-0.39, 0.29) is 27.2 Å². The molecule has 3 rings (SSSR count). The Kier molecular flexibility index (Phi) is 3.69. The molecule has 3 atom stereocenters. The SMILES string of the molecule is COC(=O)[C@@H]1N2C(=O)[C@@H](Sc3ccccc3)[C@@H]2SC1(C)C. The Morgan fingerprint density at radius 1 is 1.33 bits per heavy atom. The second-order valence-electron chi connectivity index (χ2n) is 5.63. The van der Waals surface area contributed by atoms with Crippen molar-refractivity contribution < 1.29 is 14.3 Å². The lowest BCUT2D eigenvalue weighted by atomic mass is 9.98. The number of ether oxygens (including phenoxy) is 1. The molecule has 0 aliphatic carbocycles. The molecular formula is C15H17NO3S2. The third-order valence-electron chi connectivity index (χ3n) is 3.82. The van der Waals surface area contributed by atoms with Crippen molar-refractivity contribution in [2.24, 2.45) is 0 Å². The summed E-state index contributed by atoms with van der Waals surface area (Å²) < 4.78 is 4.55. The Balaban J connectivity index is 1.79. The van der Waals surface area contributed by atoms with E-state index >= 15 is 0 Å². The minimum atomic E-state index is -0.488. The van der Waals surface area contributed by atoms with Crippen LogP contribution in [0.2, 0.25) is 0 Å². The second-order valence-corrected chi connectivity index (χ2v) is 8.62. The number of hydrogen-bond acceptors (Lipinski definition) is 5. The van der Waals surface area contributed by atoms with Crippen LogP contribution in [-0.2, 0) is 14.3 Å². The fourth-order valence-electron chi connectivity index (χ4n) is 2.82. The van der Waals surface area contributed by atoms with Crippen molar-refractivity contribution in [2.45, 2.75) is 40.2 Å². The maximum atomic E-state index is 12.5. The molecule has 2 saturated heterocycles. The van der Waals surface area contributed by atoms with Gasteiger partial charge in [-0.15, -0.1) is 23.5 Å². The lowest BCUT2D eigenvalue weighted by molar-refractivity contribution is -0.158. The zero-order valence-electron chi connectivity index (χ0n) is 12.1. The number of amides is 1.